The van der Waals surface area contributed by atoms with Gasteiger partial charge in [-0.3, -0.25) is 4.79 Å². The number of hydrogen-bond acceptors (Lipinski definition) is 5. The van der Waals surface area contributed by atoms with Crippen LogP contribution >= 0.6 is 0 Å². The molecule has 198 valence electrons. The number of amides is 1. The fraction of sp³-hybridized carbons (Fsp3) is 0.375. The standard InChI is InChI=1S/C32H33BN2O4/c1-30(2)31(3,4)39-33(38-30)26-10-6-8-24(19-26)23-7-5-9-25(18-23)29(36)35-15-13-32(14-16-35)21-37-28-12-11-22(20-34)17-27(28)32/h5-12,17-19H,13-16,21H2,1-4H3. The maximum Gasteiger partial charge on any atom is 0.494 e. The van der Waals surface area contributed by atoms with Gasteiger partial charge < -0.3 is 18.9 Å². The van der Waals surface area contributed by atoms with Crippen molar-refractivity contribution in [2.75, 3.05) is 19.7 Å². The van der Waals surface area contributed by atoms with E-state index in [1.807, 2.05) is 53.4 Å². The van der Waals surface area contributed by atoms with Gasteiger partial charge in [0.05, 0.1) is 29.4 Å². The Hall–Kier alpha value is -3.60. The van der Waals surface area contributed by atoms with E-state index in [0.717, 1.165) is 40.7 Å². The minimum Gasteiger partial charge on any atom is -0.492 e. The van der Waals surface area contributed by atoms with E-state index in [1.165, 1.54) is 0 Å². The molecule has 0 aliphatic carbocycles. The van der Waals surface area contributed by atoms with E-state index in [9.17, 15) is 10.1 Å². The number of benzene rings is 3. The van der Waals surface area contributed by atoms with Crippen molar-refractivity contribution in [1.29, 1.82) is 5.26 Å². The third-order valence-electron chi connectivity index (χ3n) is 9.05. The number of carbonyl (C=O) groups excluding carboxylic acids is 1. The fourth-order valence-corrected chi connectivity index (χ4v) is 5.84. The van der Waals surface area contributed by atoms with Crippen LogP contribution in [-0.4, -0.2) is 48.8 Å². The zero-order valence-electron chi connectivity index (χ0n) is 23.0. The Bertz CT molecular complexity index is 1470. The summed E-state index contributed by atoms with van der Waals surface area (Å²) < 4.78 is 18.5. The van der Waals surface area contributed by atoms with E-state index < -0.39 is 18.3 Å². The van der Waals surface area contributed by atoms with Gasteiger partial charge in [-0.15, -0.1) is 0 Å². The summed E-state index contributed by atoms with van der Waals surface area (Å²) in [6, 6.07) is 23.9. The van der Waals surface area contributed by atoms with Gasteiger partial charge >= 0.3 is 7.12 Å². The van der Waals surface area contributed by atoms with Crippen molar-refractivity contribution in [3.05, 3.63) is 83.4 Å². The molecule has 3 heterocycles. The normalized spacial score (nSPS) is 20.4. The van der Waals surface area contributed by atoms with Gasteiger partial charge in [0.2, 0.25) is 0 Å². The molecule has 0 atom stereocenters. The summed E-state index contributed by atoms with van der Waals surface area (Å²) in [5, 5.41) is 9.36. The van der Waals surface area contributed by atoms with Crippen LogP contribution in [0.4, 0.5) is 0 Å². The summed E-state index contributed by atoms with van der Waals surface area (Å²) in [7, 11) is -0.436. The first-order valence-corrected chi connectivity index (χ1v) is 13.6. The highest BCUT2D eigenvalue weighted by atomic mass is 16.7. The molecule has 3 aromatic carbocycles. The highest BCUT2D eigenvalue weighted by Gasteiger charge is 2.51. The van der Waals surface area contributed by atoms with Crippen LogP contribution in [0.15, 0.2) is 66.7 Å². The molecule has 3 aromatic rings. The lowest BCUT2D eigenvalue weighted by atomic mass is 9.74. The van der Waals surface area contributed by atoms with Gasteiger partial charge in [0.1, 0.15) is 5.75 Å². The zero-order valence-corrected chi connectivity index (χ0v) is 23.0. The average molecular weight is 520 g/mol. The van der Waals surface area contributed by atoms with Crippen molar-refractivity contribution in [2.24, 2.45) is 0 Å². The van der Waals surface area contributed by atoms with Gasteiger partial charge in [-0.05, 0) is 87.5 Å². The van der Waals surface area contributed by atoms with Crippen molar-refractivity contribution in [1.82, 2.24) is 4.90 Å². The second kappa shape index (κ2) is 9.26. The third-order valence-corrected chi connectivity index (χ3v) is 9.05. The Morgan fingerprint density at radius 1 is 0.897 bits per heavy atom. The molecule has 1 amide bonds. The van der Waals surface area contributed by atoms with Gasteiger partial charge in [0.25, 0.3) is 5.91 Å². The van der Waals surface area contributed by atoms with Gasteiger partial charge in [-0.1, -0.05) is 36.4 Å². The van der Waals surface area contributed by atoms with Crippen LogP contribution in [0.25, 0.3) is 11.1 Å². The summed E-state index contributed by atoms with van der Waals surface area (Å²) in [6.07, 6.45) is 1.63. The Kier molecular flexibility index (Phi) is 6.09. The van der Waals surface area contributed by atoms with Crippen molar-refractivity contribution in [3.8, 4) is 22.9 Å². The molecule has 7 heteroatoms. The SMILES string of the molecule is CC1(C)OB(c2cccc(-c3cccc(C(=O)N4CCC5(CC4)COc4ccc(C#N)cc45)c3)c2)OC1(C)C. The molecular weight excluding hydrogens is 487 g/mol. The predicted octanol–water partition coefficient (Wildman–Crippen LogP) is 5.09. The first kappa shape index (κ1) is 25.7. The average Bonchev–Trinajstić information content (AvgIpc) is 3.40. The predicted molar refractivity (Wildman–Crippen MR) is 151 cm³/mol. The van der Waals surface area contributed by atoms with Gasteiger partial charge in [-0.25, -0.2) is 0 Å². The fourth-order valence-electron chi connectivity index (χ4n) is 5.84. The third kappa shape index (κ3) is 4.42. The number of likely N-dealkylation sites (tertiary alicyclic amines) is 1. The van der Waals surface area contributed by atoms with Crippen LogP contribution in [0.1, 0.15) is 62.0 Å². The monoisotopic (exact) mass is 520 g/mol. The first-order valence-electron chi connectivity index (χ1n) is 13.6. The minimum atomic E-state index is -0.436. The summed E-state index contributed by atoms with van der Waals surface area (Å²) in [5.41, 5.74) is 4.46. The van der Waals surface area contributed by atoms with E-state index in [4.69, 9.17) is 14.0 Å². The summed E-state index contributed by atoms with van der Waals surface area (Å²) in [6.45, 7) is 10.1. The Morgan fingerprint density at radius 3 is 2.26 bits per heavy atom. The molecule has 0 saturated carbocycles. The molecule has 0 N–H and O–H groups in total. The number of fused-ring (bicyclic) bond motifs is 2. The highest BCUT2D eigenvalue weighted by molar-refractivity contribution is 6.62. The second-order valence-corrected chi connectivity index (χ2v) is 12.0. The minimum absolute atomic E-state index is 0.0405. The molecule has 6 rings (SSSR count). The number of carbonyl (C=O) groups is 1. The number of nitriles is 1. The summed E-state index contributed by atoms with van der Waals surface area (Å²) in [4.78, 5) is 15.5. The quantitative estimate of drug-likeness (QED) is 0.450. The molecule has 0 bridgehead atoms. The van der Waals surface area contributed by atoms with Gasteiger partial charge in [-0.2, -0.15) is 5.26 Å². The molecule has 6 nitrogen and oxygen atoms in total. The topological polar surface area (TPSA) is 71.8 Å². The van der Waals surface area contributed by atoms with Crippen LogP contribution in [0.2, 0.25) is 0 Å². The van der Waals surface area contributed by atoms with E-state index in [-0.39, 0.29) is 11.3 Å². The van der Waals surface area contributed by atoms with E-state index in [1.54, 1.807) is 6.07 Å². The Balaban J connectivity index is 1.18. The van der Waals surface area contributed by atoms with Crippen molar-refractivity contribution >= 4 is 18.5 Å². The highest BCUT2D eigenvalue weighted by Crippen LogP contribution is 2.46. The van der Waals surface area contributed by atoms with Crippen molar-refractivity contribution in [2.45, 2.75) is 57.2 Å². The van der Waals surface area contributed by atoms with Crippen LogP contribution in [0.5, 0.6) is 5.75 Å². The Morgan fingerprint density at radius 2 is 1.56 bits per heavy atom. The van der Waals surface area contributed by atoms with Crippen molar-refractivity contribution in [3.63, 3.8) is 0 Å². The van der Waals surface area contributed by atoms with Crippen molar-refractivity contribution < 1.29 is 18.8 Å². The second-order valence-electron chi connectivity index (χ2n) is 12.0. The number of rotatable bonds is 3. The van der Waals surface area contributed by atoms with E-state index in [0.29, 0.717) is 30.8 Å². The van der Waals surface area contributed by atoms with E-state index >= 15 is 0 Å². The molecule has 3 aliphatic rings. The number of ether oxygens (including phenoxy) is 1. The summed E-state index contributed by atoms with van der Waals surface area (Å²) >= 11 is 0. The molecule has 2 saturated heterocycles. The summed E-state index contributed by atoms with van der Waals surface area (Å²) in [5.74, 6) is 0.906. The lowest BCUT2D eigenvalue weighted by Crippen LogP contribution is -2.46. The molecule has 2 fully saturated rings. The molecule has 0 radical (unpaired) electrons. The van der Waals surface area contributed by atoms with Gasteiger partial charge in [0.15, 0.2) is 0 Å². The molecule has 0 aromatic heterocycles. The van der Waals surface area contributed by atoms with E-state index in [2.05, 4.69) is 45.9 Å². The Labute approximate surface area is 230 Å². The maximum atomic E-state index is 13.6. The number of nitrogens with zero attached hydrogens (tertiary/aromatic N) is 2. The smallest absolute Gasteiger partial charge is 0.492 e. The lowest BCUT2D eigenvalue weighted by molar-refractivity contribution is 0.00578. The number of hydrogen-bond donors (Lipinski definition) is 0. The number of piperidine rings is 1. The molecular formula is C32H33BN2O4. The molecule has 3 aliphatic heterocycles. The van der Waals surface area contributed by atoms with Crippen LogP contribution in [0, 0.1) is 11.3 Å². The maximum absolute atomic E-state index is 13.6. The van der Waals surface area contributed by atoms with Crippen LogP contribution in [-0.2, 0) is 14.7 Å². The van der Waals surface area contributed by atoms with Gasteiger partial charge in [0, 0.05) is 29.6 Å². The largest absolute Gasteiger partial charge is 0.494 e. The zero-order chi connectivity index (χ0) is 27.4. The van der Waals surface area contributed by atoms with Crippen LogP contribution in [0.3, 0.4) is 0 Å². The lowest BCUT2D eigenvalue weighted by Gasteiger charge is -2.38. The van der Waals surface area contributed by atoms with Crippen LogP contribution < -0.4 is 10.2 Å². The molecule has 39 heavy (non-hydrogen) atoms. The first-order chi connectivity index (χ1) is 18.6. The molecule has 1 spiro atoms. The molecule has 0 unspecified atom stereocenters.